The third-order valence-electron chi connectivity index (χ3n) is 3.72. The molecule has 1 N–H and O–H groups in total. The number of aromatic nitrogens is 3. The molecule has 1 aliphatic heterocycles. The van der Waals surface area contributed by atoms with E-state index in [1.165, 1.54) is 12.3 Å². The highest BCUT2D eigenvalue weighted by Crippen LogP contribution is 2.31. The molecular weight excluding hydrogens is 387 g/mol. The molecule has 0 bridgehead atoms. The van der Waals surface area contributed by atoms with Gasteiger partial charge in [-0.25, -0.2) is 15.0 Å². The summed E-state index contributed by atoms with van der Waals surface area (Å²) in [5.74, 6) is 0.571. The number of pyridine rings is 1. The lowest BCUT2D eigenvalue weighted by Gasteiger charge is -2.22. The molecule has 0 spiro atoms. The van der Waals surface area contributed by atoms with Crippen LogP contribution in [0.5, 0.6) is 0 Å². The van der Waals surface area contributed by atoms with Gasteiger partial charge in [-0.1, -0.05) is 11.6 Å². The number of rotatable bonds is 4. The highest BCUT2D eigenvalue weighted by atomic mass is 79.9. The van der Waals surface area contributed by atoms with Crippen molar-refractivity contribution in [2.24, 2.45) is 5.92 Å². The van der Waals surface area contributed by atoms with E-state index in [1.807, 2.05) is 0 Å². The molecule has 0 unspecified atom stereocenters. The summed E-state index contributed by atoms with van der Waals surface area (Å²) in [5.41, 5.74) is 0.932. The highest BCUT2D eigenvalue weighted by Gasteiger charge is 2.16. The van der Waals surface area contributed by atoms with Gasteiger partial charge in [0.15, 0.2) is 0 Å². The molecule has 122 valence electrons. The average Bonchev–Trinajstić information content (AvgIpc) is 2.57. The Morgan fingerprint density at radius 1 is 1.30 bits per heavy atom. The van der Waals surface area contributed by atoms with Crippen LogP contribution in [0.25, 0.3) is 11.3 Å². The van der Waals surface area contributed by atoms with Crippen LogP contribution in [0.15, 0.2) is 23.1 Å². The minimum Gasteiger partial charge on any atom is -0.381 e. The minimum absolute atomic E-state index is 0.322. The monoisotopic (exact) mass is 400 g/mol. The second kappa shape index (κ2) is 7.51. The maximum atomic E-state index is 13.4. The summed E-state index contributed by atoms with van der Waals surface area (Å²) in [6.45, 7) is 2.41. The van der Waals surface area contributed by atoms with Gasteiger partial charge in [-0.05, 0) is 34.7 Å². The molecule has 3 rings (SSSR count). The van der Waals surface area contributed by atoms with Gasteiger partial charge in [-0.15, -0.1) is 0 Å². The Balaban J connectivity index is 1.80. The summed E-state index contributed by atoms with van der Waals surface area (Å²) >= 11 is 9.44. The van der Waals surface area contributed by atoms with E-state index in [1.54, 1.807) is 6.20 Å². The van der Waals surface area contributed by atoms with Gasteiger partial charge < -0.3 is 10.1 Å². The van der Waals surface area contributed by atoms with Gasteiger partial charge in [-0.3, -0.25) is 0 Å². The largest absolute Gasteiger partial charge is 0.381 e. The molecule has 1 saturated heterocycles. The van der Waals surface area contributed by atoms with E-state index < -0.39 is 5.95 Å². The Morgan fingerprint density at radius 2 is 2.09 bits per heavy atom. The zero-order valence-electron chi connectivity index (χ0n) is 12.2. The predicted molar refractivity (Wildman–Crippen MR) is 90.0 cm³/mol. The van der Waals surface area contributed by atoms with E-state index in [-0.39, 0.29) is 0 Å². The fourth-order valence-electron chi connectivity index (χ4n) is 2.43. The normalized spacial score (nSPS) is 15.6. The topological polar surface area (TPSA) is 59.9 Å². The third kappa shape index (κ3) is 4.16. The van der Waals surface area contributed by atoms with Gasteiger partial charge in [0.2, 0.25) is 5.95 Å². The second-order valence-corrected chi connectivity index (χ2v) is 6.48. The average molecular weight is 402 g/mol. The summed E-state index contributed by atoms with van der Waals surface area (Å²) in [6.07, 6.45) is 4.97. The van der Waals surface area contributed by atoms with Crippen LogP contribution in [0.4, 0.5) is 10.2 Å². The SMILES string of the molecule is Fc1cc(-c2nc(NCC3CCOCC3)cnc2Br)c(Cl)cn1. The standard InChI is InChI=1S/C15H15BrClFN4O/c16-15-14(10-5-12(18)19-7-11(10)17)22-13(8-21-15)20-6-9-1-3-23-4-2-9/h5,7-9H,1-4,6H2,(H,20,22). The zero-order valence-corrected chi connectivity index (χ0v) is 14.6. The first-order valence-electron chi connectivity index (χ1n) is 7.29. The molecule has 0 amide bonds. The van der Waals surface area contributed by atoms with Crippen LogP contribution in [0, 0.1) is 11.9 Å². The minimum atomic E-state index is -0.612. The van der Waals surface area contributed by atoms with Crippen molar-refractivity contribution in [3.05, 3.63) is 34.0 Å². The molecule has 3 heterocycles. The second-order valence-electron chi connectivity index (χ2n) is 5.32. The number of halogens is 3. The molecule has 2 aromatic heterocycles. The molecule has 1 aliphatic rings. The predicted octanol–water partition coefficient (Wildman–Crippen LogP) is 3.93. The lowest BCUT2D eigenvalue weighted by molar-refractivity contribution is 0.0699. The first-order valence-corrected chi connectivity index (χ1v) is 8.46. The van der Waals surface area contributed by atoms with Crippen molar-refractivity contribution >= 4 is 33.3 Å². The number of hydrogen-bond acceptors (Lipinski definition) is 5. The van der Waals surface area contributed by atoms with Crippen molar-refractivity contribution in [1.82, 2.24) is 15.0 Å². The first-order chi connectivity index (χ1) is 11.1. The van der Waals surface area contributed by atoms with Crippen molar-refractivity contribution < 1.29 is 9.13 Å². The fraction of sp³-hybridized carbons (Fsp3) is 0.400. The molecule has 0 saturated carbocycles. The molecule has 0 atom stereocenters. The lowest BCUT2D eigenvalue weighted by Crippen LogP contribution is -2.23. The summed E-state index contributed by atoms with van der Waals surface area (Å²) in [7, 11) is 0. The number of ether oxygens (including phenoxy) is 1. The lowest BCUT2D eigenvalue weighted by atomic mass is 10.0. The van der Waals surface area contributed by atoms with Gasteiger partial charge in [0.05, 0.1) is 11.2 Å². The van der Waals surface area contributed by atoms with Gasteiger partial charge >= 0.3 is 0 Å². The molecule has 0 radical (unpaired) electrons. The summed E-state index contributed by atoms with van der Waals surface area (Å²) in [4.78, 5) is 12.3. The van der Waals surface area contributed by atoms with Crippen LogP contribution in [0.1, 0.15) is 12.8 Å². The van der Waals surface area contributed by atoms with Crippen LogP contribution in [0.3, 0.4) is 0 Å². The van der Waals surface area contributed by atoms with Crippen LogP contribution in [0.2, 0.25) is 5.02 Å². The molecule has 23 heavy (non-hydrogen) atoms. The molecule has 2 aromatic rings. The van der Waals surface area contributed by atoms with Crippen molar-refractivity contribution in [1.29, 1.82) is 0 Å². The van der Waals surface area contributed by atoms with Gasteiger partial charge in [-0.2, -0.15) is 4.39 Å². The molecule has 8 heteroatoms. The Bertz CT molecular complexity index is 697. The third-order valence-corrected chi connectivity index (χ3v) is 4.60. The highest BCUT2D eigenvalue weighted by molar-refractivity contribution is 9.10. The van der Waals surface area contributed by atoms with Crippen molar-refractivity contribution in [3.63, 3.8) is 0 Å². The van der Waals surface area contributed by atoms with Gasteiger partial charge in [0.1, 0.15) is 16.1 Å². The van der Waals surface area contributed by atoms with Gasteiger partial charge in [0.25, 0.3) is 0 Å². The van der Waals surface area contributed by atoms with Crippen LogP contribution < -0.4 is 5.32 Å². The van der Waals surface area contributed by atoms with Gasteiger partial charge in [0, 0.05) is 37.6 Å². The van der Waals surface area contributed by atoms with Crippen molar-refractivity contribution in [2.45, 2.75) is 12.8 Å². The van der Waals surface area contributed by atoms with E-state index in [0.29, 0.717) is 32.6 Å². The Morgan fingerprint density at radius 3 is 2.87 bits per heavy atom. The van der Waals surface area contributed by atoms with E-state index in [9.17, 15) is 4.39 Å². The molecule has 0 aromatic carbocycles. The Hall–Kier alpha value is -1.31. The molecule has 5 nitrogen and oxygen atoms in total. The van der Waals surface area contributed by atoms with Crippen molar-refractivity contribution in [2.75, 3.05) is 25.1 Å². The number of nitrogens with zero attached hydrogens (tertiary/aromatic N) is 3. The Labute approximate surface area is 146 Å². The smallest absolute Gasteiger partial charge is 0.213 e. The quantitative estimate of drug-likeness (QED) is 0.787. The van der Waals surface area contributed by atoms with Crippen LogP contribution in [-0.4, -0.2) is 34.7 Å². The van der Waals surface area contributed by atoms with Crippen LogP contribution in [-0.2, 0) is 4.74 Å². The summed E-state index contributed by atoms with van der Waals surface area (Å²) < 4.78 is 19.2. The van der Waals surface area contributed by atoms with E-state index in [0.717, 1.165) is 32.6 Å². The number of nitrogens with one attached hydrogen (secondary N) is 1. The van der Waals surface area contributed by atoms with Crippen molar-refractivity contribution in [3.8, 4) is 11.3 Å². The molecular formula is C15H15BrClFN4O. The summed E-state index contributed by atoms with van der Waals surface area (Å²) in [5, 5.41) is 3.61. The first kappa shape index (κ1) is 16.5. The maximum absolute atomic E-state index is 13.4. The molecule has 1 fully saturated rings. The van der Waals surface area contributed by atoms with E-state index in [4.69, 9.17) is 16.3 Å². The maximum Gasteiger partial charge on any atom is 0.213 e. The number of anilines is 1. The van der Waals surface area contributed by atoms with E-state index >= 15 is 0 Å². The molecule has 0 aliphatic carbocycles. The van der Waals surface area contributed by atoms with E-state index in [2.05, 4.69) is 36.2 Å². The van der Waals surface area contributed by atoms with Crippen LogP contribution >= 0.6 is 27.5 Å². The Kier molecular flexibility index (Phi) is 5.40. The fourth-order valence-corrected chi connectivity index (χ4v) is 3.02. The zero-order chi connectivity index (χ0) is 16.2. The number of hydrogen-bond donors (Lipinski definition) is 1. The summed E-state index contributed by atoms with van der Waals surface area (Å²) in [6, 6.07) is 1.25.